The van der Waals surface area contributed by atoms with Crippen molar-refractivity contribution >= 4 is 0 Å². The third-order valence-electron chi connectivity index (χ3n) is 4.80. The van der Waals surface area contributed by atoms with E-state index in [1.165, 1.54) is 6.07 Å². The van der Waals surface area contributed by atoms with E-state index in [1.807, 2.05) is 6.20 Å². The molecule has 1 aromatic carbocycles. The Labute approximate surface area is 155 Å². The van der Waals surface area contributed by atoms with Crippen LogP contribution < -0.4 is 4.74 Å². The van der Waals surface area contributed by atoms with Gasteiger partial charge in [-0.25, -0.2) is 13.8 Å². The van der Waals surface area contributed by atoms with Gasteiger partial charge in [0.05, 0.1) is 18.8 Å². The van der Waals surface area contributed by atoms with Crippen molar-refractivity contribution in [2.24, 2.45) is 0 Å². The maximum atomic E-state index is 13.2. The van der Waals surface area contributed by atoms with Crippen LogP contribution in [-0.2, 0) is 13.0 Å². The Balaban J connectivity index is 1.26. The molecule has 27 heavy (non-hydrogen) atoms. The van der Waals surface area contributed by atoms with E-state index in [0.29, 0.717) is 24.7 Å². The van der Waals surface area contributed by atoms with Gasteiger partial charge < -0.3 is 9.72 Å². The number of imidazole rings is 1. The molecule has 1 aliphatic heterocycles. The van der Waals surface area contributed by atoms with Crippen molar-refractivity contribution in [3.8, 4) is 5.75 Å². The van der Waals surface area contributed by atoms with Gasteiger partial charge in [-0.1, -0.05) is 0 Å². The molecular formula is C19H21F2N5O. The summed E-state index contributed by atoms with van der Waals surface area (Å²) in [5.74, 6) is -0.0855. The molecule has 2 N–H and O–H groups in total. The summed E-state index contributed by atoms with van der Waals surface area (Å²) in [5, 5.41) is 7.49. The van der Waals surface area contributed by atoms with Gasteiger partial charge in [0.2, 0.25) is 0 Å². The summed E-state index contributed by atoms with van der Waals surface area (Å²) in [5.41, 5.74) is 2.02. The molecule has 142 valence electrons. The molecule has 0 aliphatic carbocycles. The standard InChI is InChI=1S/C19H21F2N5O/c20-16-2-1-15(10-17(16)21)27-8-4-14-9-18(25-24-14)13-3-7-26(11-13)12-19-22-5-6-23-19/h1-2,5-6,9-10,13H,3-4,7-8,11-12H2,(H,22,23)(H,24,25)/t13-/m1/s1. The number of likely N-dealkylation sites (tertiary alicyclic amines) is 1. The molecule has 1 atom stereocenters. The fraction of sp³-hybridized carbons (Fsp3) is 0.368. The van der Waals surface area contributed by atoms with Crippen molar-refractivity contribution in [3.63, 3.8) is 0 Å². The van der Waals surface area contributed by atoms with Gasteiger partial charge in [0.1, 0.15) is 11.6 Å². The lowest BCUT2D eigenvalue weighted by Gasteiger charge is -2.13. The lowest BCUT2D eigenvalue weighted by molar-refractivity contribution is 0.317. The monoisotopic (exact) mass is 373 g/mol. The van der Waals surface area contributed by atoms with Gasteiger partial charge in [-0.3, -0.25) is 10.00 Å². The molecule has 8 heteroatoms. The zero-order valence-corrected chi connectivity index (χ0v) is 14.8. The highest BCUT2D eigenvalue weighted by atomic mass is 19.2. The van der Waals surface area contributed by atoms with Crippen LogP contribution in [0.15, 0.2) is 36.7 Å². The SMILES string of the molecule is Fc1ccc(OCCc2cc([C@@H]3CCN(Cc4ncc[nH]4)C3)n[nH]2)cc1F. The third-order valence-corrected chi connectivity index (χ3v) is 4.80. The maximum absolute atomic E-state index is 13.2. The van der Waals surface area contributed by atoms with Crippen molar-refractivity contribution in [3.05, 3.63) is 65.5 Å². The summed E-state index contributed by atoms with van der Waals surface area (Å²) in [7, 11) is 0. The first-order valence-corrected chi connectivity index (χ1v) is 9.00. The van der Waals surface area contributed by atoms with Crippen LogP contribution in [0.1, 0.15) is 29.6 Å². The molecule has 1 aliphatic rings. The summed E-state index contributed by atoms with van der Waals surface area (Å²) in [4.78, 5) is 9.77. The fourth-order valence-electron chi connectivity index (χ4n) is 3.38. The van der Waals surface area contributed by atoms with Gasteiger partial charge in [-0.05, 0) is 31.2 Å². The van der Waals surface area contributed by atoms with E-state index in [9.17, 15) is 8.78 Å². The summed E-state index contributed by atoms with van der Waals surface area (Å²) >= 11 is 0. The van der Waals surface area contributed by atoms with Gasteiger partial charge >= 0.3 is 0 Å². The predicted octanol–water partition coefficient (Wildman–Crippen LogP) is 3.02. The molecule has 6 nitrogen and oxygen atoms in total. The summed E-state index contributed by atoms with van der Waals surface area (Å²) < 4.78 is 31.6. The topological polar surface area (TPSA) is 69.8 Å². The summed E-state index contributed by atoms with van der Waals surface area (Å²) in [6.45, 7) is 3.16. The number of aromatic nitrogens is 4. The van der Waals surface area contributed by atoms with Crippen molar-refractivity contribution < 1.29 is 13.5 Å². The number of hydrogen-bond acceptors (Lipinski definition) is 4. The highest BCUT2D eigenvalue weighted by molar-refractivity contribution is 5.23. The van der Waals surface area contributed by atoms with E-state index in [4.69, 9.17) is 4.74 Å². The predicted molar refractivity (Wildman–Crippen MR) is 95.4 cm³/mol. The molecule has 0 radical (unpaired) electrons. The number of nitrogens with zero attached hydrogens (tertiary/aromatic N) is 3. The van der Waals surface area contributed by atoms with Crippen molar-refractivity contribution in [1.29, 1.82) is 0 Å². The second-order valence-corrected chi connectivity index (χ2v) is 6.75. The van der Waals surface area contributed by atoms with E-state index in [0.717, 1.165) is 55.4 Å². The summed E-state index contributed by atoms with van der Waals surface area (Å²) in [6, 6.07) is 5.60. The Morgan fingerprint density at radius 1 is 1.22 bits per heavy atom. The van der Waals surface area contributed by atoms with Crippen LogP contribution in [0.25, 0.3) is 0 Å². The molecule has 2 aromatic heterocycles. The Hall–Kier alpha value is -2.74. The van der Waals surface area contributed by atoms with Gasteiger partial charge in [-0.2, -0.15) is 5.10 Å². The number of ether oxygens (including phenoxy) is 1. The normalized spacial score (nSPS) is 17.5. The maximum Gasteiger partial charge on any atom is 0.162 e. The number of aromatic amines is 2. The molecule has 1 fully saturated rings. The van der Waals surface area contributed by atoms with Crippen molar-refractivity contribution in [2.45, 2.75) is 25.3 Å². The van der Waals surface area contributed by atoms with Crippen LogP contribution >= 0.6 is 0 Å². The first kappa shape index (κ1) is 17.7. The second kappa shape index (κ2) is 7.87. The zero-order chi connectivity index (χ0) is 18.6. The van der Waals surface area contributed by atoms with E-state index < -0.39 is 11.6 Å². The Morgan fingerprint density at radius 2 is 2.15 bits per heavy atom. The van der Waals surface area contributed by atoms with Crippen LogP contribution in [-0.4, -0.2) is 44.8 Å². The number of benzene rings is 1. The van der Waals surface area contributed by atoms with Crippen LogP contribution in [0.5, 0.6) is 5.75 Å². The minimum absolute atomic E-state index is 0.318. The minimum Gasteiger partial charge on any atom is -0.493 e. The molecule has 3 aromatic rings. The zero-order valence-electron chi connectivity index (χ0n) is 14.8. The largest absolute Gasteiger partial charge is 0.493 e. The molecule has 0 unspecified atom stereocenters. The average molecular weight is 373 g/mol. The average Bonchev–Trinajstić information content (AvgIpc) is 3.40. The van der Waals surface area contributed by atoms with Crippen molar-refractivity contribution in [1.82, 2.24) is 25.1 Å². The van der Waals surface area contributed by atoms with E-state index in [1.54, 1.807) is 6.20 Å². The molecule has 0 bridgehead atoms. The molecule has 0 spiro atoms. The Kier molecular flexibility index (Phi) is 5.15. The second-order valence-electron chi connectivity index (χ2n) is 6.75. The van der Waals surface area contributed by atoms with Gasteiger partial charge in [-0.15, -0.1) is 0 Å². The van der Waals surface area contributed by atoms with Crippen molar-refractivity contribution in [2.75, 3.05) is 19.7 Å². The van der Waals surface area contributed by atoms with Crippen LogP contribution in [0.2, 0.25) is 0 Å². The Morgan fingerprint density at radius 3 is 2.96 bits per heavy atom. The fourth-order valence-corrected chi connectivity index (χ4v) is 3.38. The van der Waals surface area contributed by atoms with Crippen LogP contribution in [0.4, 0.5) is 8.78 Å². The number of H-pyrrole nitrogens is 2. The molecular weight excluding hydrogens is 352 g/mol. The first-order valence-electron chi connectivity index (χ1n) is 9.00. The molecule has 0 amide bonds. The van der Waals surface area contributed by atoms with Crippen LogP contribution in [0.3, 0.4) is 0 Å². The quantitative estimate of drug-likeness (QED) is 0.668. The minimum atomic E-state index is -0.906. The third kappa shape index (κ3) is 4.33. The van der Waals surface area contributed by atoms with Gasteiger partial charge in [0.25, 0.3) is 0 Å². The molecule has 1 saturated heterocycles. The molecule has 4 rings (SSSR count). The highest BCUT2D eigenvalue weighted by Gasteiger charge is 2.26. The number of halogens is 2. The van der Waals surface area contributed by atoms with Gasteiger partial charge in [0.15, 0.2) is 11.6 Å². The lowest BCUT2D eigenvalue weighted by Crippen LogP contribution is -2.20. The van der Waals surface area contributed by atoms with E-state index in [-0.39, 0.29) is 0 Å². The molecule has 0 saturated carbocycles. The summed E-state index contributed by atoms with van der Waals surface area (Å²) in [6.07, 6.45) is 5.29. The number of nitrogens with one attached hydrogen (secondary N) is 2. The lowest BCUT2D eigenvalue weighted by atomic mass is 10.0. The highest BCUT2D eigenvalue weighted by Crippen LogP contribution is 2.27. The van der Waals surface area contributed by atoms with E-state index in [2.05, 4.69) is 31.1 Å². The van der Waals surface area contributed by atoms with E-state index >= 15 is 0 Å². The number of hydrogen-bond donors (Lipinski definition) is 2. The van der Waals surface area contributed by atoms with Crippen LogP contribution in [0, 0.1) is 11.6 Å². The van der Waals surface area contributed by atoms with Gasteiger partial charge in [0, 0.05) is 43.0 Å². The molecule has 3 heterocycles. The first-order chi connectivity index (χ1) is 13.2. The Bertz CT molecular complexity index is 880. The number of rotatable bonds is 7. The smallest absolute Gasteiger partial charge is 0.162 e.